The Morgan fingerprint density at radius 2 is 2.18 bits per heavy atom. The fourth-order valence-corrected chi connectivity index (χ4v) is 1.82. The second-order valence-corrected chi connectivity index (χ2v) is 4.38. The molecule has 0 aromatic carbocycles. The summed E-state index contributed by atoms with van der Waals surface area (Å²) in [6, 6.07) is 7.12. The molecule has 2 N–H and O–H groups in total. The van der Waals surface area contributed by atoms with Crippen LogP contribution in [0.25, 0.3) is 11.3 Å². The van der Waals surface area contributed by atoms with Gasteiger partial charge in [-0.3, -0.25) is 15.0 Å². The van der Waals surface area contributed by atoms with E-state index in [1.54, 1.807) is 24.5 Å². The first-order valence-corrected chi connectivity index (χ1v) is 6.39. The SMILES string of the molecule is O=C(OCc1n[nH]c(=O)[nH]1)c1cncc(-c2ccccn2)c1. The molecule has 0 saturated carbocycles. The fourth-order valence-electron chi connectivity index (χ4n) is 1.82. The third kappa shape index (κ3) is 3.06. The maximum atomic E-state index is 12.0. The maximum absolute atomic E-state index is 12.0. The third-order valence-corrected chi connectivity index (χ3v) is 2.82. The molecule has 8 nitrogen and oxygen atoms in total. The Balaban J connectivity index is 1.74. The number of ether oxygens (including phenoxy) is 1. The first-order chi connectivity index (χ1) is 10.7. The zero-order valence-corrected chi connectivity index (χ0v) is 11.3. The van der Waals surface area contributed by atoms with Crippen LogP contribution in [-0.2, 0) is 11.3 Å². The van der Waals surface area contributed by atoms with Gasteiger partial charge in [-0.15, -0.1) is 0 Å². The van der Waals surface area contributed by atoms with Crippen LogP contribution in [0.3, 0.4) is 0 Å². The summed E-state index contributed by atoms with van der Waals surface area (Å²) >= 11 is 0. The quantitative estimate of drug-likeness (QED) is 0.692. The zero-order chi connectivity index (χ0) is 15.4. The molecular weight excluding hydrogens is 286 g/mol. The van der Waals surface area contributed by atoms with Crippen LogP contribution in [0.2, 0.25) is 0 Å². The first-order valence-electron chi connectivity index (χ1n) is 6.39. The first kappa shape index (κ1) is 13.7. The number of aromatic nitrogens is 5. The number of carbonyl (C=O) groups excluding carboxylic acids is 1. The van der Waals surface area contributed by atoms with E-state index in [1.807, 2.05) is 12.1 Å². The van der Waals surface area contributed by atoms with Crippen LogP contribution >= 0.6 is 0 Å². The lowest BCUT2D eigenvalue weighted by Crippen LogP contribution is -2.07. The highest BCUT2D eigenvalue weighted by Gasteiger charge is 2.11. The van der Waals surface area contributed by atoms with E-state index in [-0.39, 0.29) is 12.4 Å². The number of esters is 1. The number of hydrogen-bond acceptors (Lipinski definition) is 6. The van der Waals surface area contributed by atoms with Crippen molar-refractivity contribution in [2.24, 2.45) is 0 Å². The monoisotopic (exact) mass is 297 g/mol. The van der Waals surface area contributed by atoms with E-state index in [1.165, 1.54) is 6.20 Å². The van der Waals surface area contributed by atoms with Crippen LogP contribution in [0.5, 0.6) is 0 Å². The van der Waals surface area contributed by atoms with Gasteiger partial charge in [-0.1, -0.05) is 6.07 Å². The zero-order valence-electron chi connectivity index (χ0n) is 11.3. The number of hydrogen-bond donors (Lipinski definition) is 2. The highest BCUT2D eigenvalue weighted by atomic mass is 16.5. The molecule has 3 aromatic heterocycles. The number of nitrogens with zero attached hydrogens (tertiary/aromatic N) is 3. The Morgan fingerprint density at radius 3 is 2.91 bits per heavy atom. The number of carbonyl (C=O) groups is 1. The number of nitrogens with one attached hydrogen (secondary N) is 2. The Labute approximate surface area is 124 Å². The summed E-state index contributed by atoms with van der Waals surface area (Å²) in [5.41, 5.74) is 1.26. The molecule has 0 amide bonds. The molecule has 0 aliphatic rings. The highest BCUT2D eigenvalue weighted by Crippen LogP contribution is 2.16. The van der Waals surface area contributed by atoms with Gasteiger partial charge in [0.1, 0.15) is 0 Å². The molecule has 0 fully saturated rings. The van der Waals surface area contributed by atoms with Gasteiger partial charge in [0.15, 0.2) is 12.4 Å². The van der Waals surface area contributed by atoms with Crippen molar-refractivity contribution in [1.29, 1.82) is 0 Å². The van der Waals surface area contributed by atoms with E-state index in [0.717, 1.165) is 0 Å². The minimum Gasteiger partial charge on any atom is -0.454 e. The second kappa shape index (κ2) is 6.00. The predicted molar refractivity (Wildman–Crippen MR) is 75.8 cm³/mol. The molecule has 0 aliphatic heterocycles. The Hall–Kier alpha value is -3.29. The Bertz CT molecular complexity index is 841. The van der Waals surface area contributed by atoms with Crippen LogP contribution in [0.4, 0.5) is 0 Å². The largest absolute Gasteiger partial charge is 0.454 e. The average Bonchev–Trinajstić information content (AvgIpc) is 2.99. The molecule has 0 bridgehead atoms. The van der Waals surface area contributed by atoms with Crippen molar-refractivity contribution in [2.75, 3.05) is 0 Å². The van der Waals surface area contributed by atoms with Crippen LogP contribution in [0, 0.1) is 0 Å². The van der Waals surface area contributed by atoms with E-state index in [9.17, 15) is 9.59 Å². The topological polar surface area (TPSA) is 114 Å². The van der Waals surface area contributed by atoms with E-state index < -0.39 is 11.7 Å². The van der Waals surface area contributed by atoms with Crippen molar-refractivity contribution in [3.63, 3.8) is 0 Å². The molecular formula is C14H11N5O3. The van der Waals surface area contributed by atoms with Gasteiger partial charge in [-0.2, -0.15) is 5.10 Å². The van der Waals surface area contributed by atoms with E-state index in [2.05, 4.69) is 25.1 Å². The molecule has 8 heteroatoms. The van der Waals surface area contributed by atoms with E-state index >= 15 is 0 Å². The minimum atomic E-state index is -0.561. The molecule has 3 aromatic rings. The number of H-pyrrole nitrogens is 2. The van der Waals surface area contributed by atoms with Gasteiger partial charge in [-0.25, -0.2) is 14.7 Å². The molecule has 0 aliphatic carbocycles. The maximum Gasteiger partial charge on any atom is 0.340 e. The van der Waals surface area contributed by atoms with Gasteiger partial charge in [0.25, 0.3) is 0 Å². The van der Waals surface area contributed by atoms with Gasteiger partial charge in [-0.05, 0) is 18.2 Å². The summed E-state index contributed by atoms with van der Waals surface area (Å²) < 4.78 is 5.07. The average molecular weight is 297 g/mol. The summed E-state index contributed by atoms with van der Waals surface area (Å²) in [7, 11) is 0. The number of rotatable bonds is 4. The van der Waals surface area contributed by atoms with Crippen LogP contribution in [-0.4, -0.2) is 31.1 Å². The summed E-state index contributed by atoms with van der Waals surface area (Å²) in [5, 5.41) is 5.84. The van der Waals surface area contributed by atoms with Crippen molar-refractivity contribution in [1.82, 2.24) is 25.1 Å². The number of pyridine rings is 2. The van der Waals surface area contributed by atoms with Crippen LogP contribution in [0.1, 0.15) is 16.2 Å². The predicted octanol–water partition coefficient (Wildman–Crippen LogP) is 0.912. The fraction of sp³-hybridized carbons (Fsp3) is 0.0714. The molecule has 22 heavy (non-hydrogen) atoms. The summed E-state index contributed by atoms with van der Waals surface area (Å²) in [6.07, 6.45) is 4.68. The van der Waals surface area contributed by atoms with Crippen molar-refractivity contribution < 1.29 is 9.53 Å². The van der Waals surface area contributed by atoms with Gasteiger partial charge in [0, 0.05) is 24.2 Å². The summed E-state index contributed by atoms with van der Waals surface area (Å²) in [4.78, 5) is 33.5. The van der Waals surface area contributed by atoms with Crippen molar-refractivity contribution in [2.45, 2.75) is 6.61 Å². The van der Waals surface area contributed by atoms with E-state index in [0.29, 0.717) is 16.8 Å². The Morgan fingerprint density at radius 1 is 1.27 bits per heavy atom. The molecule has 0 spiro atoms. The number of aromatic amines is 2. The van der Waals surface area contributed by atoms with Crippen LogP contribution < -0.4 is 5.69 Å². The minimum absolute atomic E-state index is 0.134. The van der Waals surface area contributed by atoms with Crippen molar-refractivity contribution in [3.8, 4) is 11.3 Å². The molecule has 0 radical (unpaired) electrons. The molecule has 3 heterocycles. The van der Waals surface area contributed by atoms with Crippen LogP contribution in [0.15, 0.2) is 47.7 Å². The molecule has 3 rings (SSSR count). The molecule has 0 unspecified atom stereocenters. The molecule has 0 atom stereocenters. The van der Waals surface area contributed by atoms with Gasteiger partial charge < -0.3 is 4.74 Å². The normalized spacial score (nSPS) is 10.4. The van der Waals surface area contributed by atoms with Gasteiger partial charge in [0.05, 0.1) is 11.3 Å². The van der Waals surface area contributed by atoms with Crippen molar-refractivity contribution in [3.05, 3.63) is 64.7 Å². The molecule has 110 valence electrons. The highest BCUT2D eigenvalue weighted by molar-refractivity contribution is 5.90. The smallest absolute Gasteiger partial charge is 0.340 e. The molecule has 0 saturated heterocycles. The summed E-state index contributed by atoms with van der Waals surface area (Å²) in [6.45, 7) is -0.134. The summed E-state index contributed by atoms with van der Waals surface area (Å²) in [5.74, 6) is -0.318. The lowest BCUT2D eigenvalue weighted by molar-refractivity contribution is 0.0462. The van der Waals surface area contributed by atoms with Crippen molar-refractivity contribution >= 4 is 5.97 Å². The lowest BCUT2D eigenvalue weighted by Gasteiger charge is -2.04. The van der Waals surface area contributed by atoms with Gasteiger partial charge >= 0.3 is 11.7 Å². The standard InChI is InChI=1S/C14H11N5O3/c20-13(22-8-12-17-14(21)19-18-12)10-5-9(6-15-7-10)11-3-1-2-4-16-11/h1-7H,8H2,(H2,17,18,19,21). The van der Waals surface area contributed by atoms with E-state index in [4.69, 9.17) is 4.74 Å². The van der Waals surface area contributed by atoms with Gasteiger partial charge in [0.2, 0.25) is 0 Å². The Kier molecular flexibility index (Phi) is 3.73. The lowest BCUT2D eigenvalue weighted by atomic mass is 10.1. The second-order valence-electron chi connectivity index (χ2n) is 4.38. The third-order valence-electron chi connectivity index (χ3n) is 2.82.